The molecule has 0 aromatic heterocycles. The number of methoxy groups -OCH3 is 2. The first-order chi connectivity index (χ1) is 11.7. The molecule has 0 N–H and O–H groups in total. The molecule has 0 unspecified atom stereocenters. The molecule has 0 saturated carbocycles. The van der Waals surface area contributed by atoms with Crippen LogP contribution in [0.15, 0.2) is 54.1 Å². The van der Waals surface area contributed by atoms with Gasteiger partial charge >= 0.3 is 0 Å². The van der Waals surface area contributed by atoms with Crippen molar-refractivity contribution in [3.05, 3.63) is 65.2 Å². The fraction of sp³-hybridized carbons (Fsp3) is 0.200. The van der Waals surface area contributed by atoms with Crippen LogP contribution < -0.4 is 9.47 Å². The van der Waals surface area contributed by atoms with Crippen LogP contribution in [0, 0.1) is 28.6 Å². The SMILES string of the molecule is COc1ccc(C=C(C#N)[C@H](C#N)Cc2ccc(OC)cc2)cc1. The van der Waals surface area contributed by atoms with Gasteiger partial charge in [-0.15, -0.1) is 0 Å². The zero-order valence-corrected chi connectivity index (χ0v) is 13.7. The highest BCUT2D eigenvalue weighted by molar-refractivity contribution is 5.59. The summed E-state index contributed by atoms with van der Waals surface area (Å²) in [6.45, 7) is 0. The predicted octanol–water partition coefficient (Wildman–Crippen LogP) is 3.99. The lowest BCUT2D eigenvalue weighted by Crippen LogP contribution is -2.04. The van der Waals surface area contributed by atoms with Crippen molar-refractivity contribution in [3.8, 4) is 23.6 Å². The van der Waals surface area contributed by atoms with E-state index in [9.17, 15) is 10.5 Å². The molecule has 1 atom stereocenters. The van der Waals surface area contributed by atoms with Gasteiger partial charge in [0.05, 0.1) is 32.3 Å². The van der Waals surface area contributed by atoms with Crippen LogP contribution in [0.25, 0.3) is 6.08 Å². The molecule has 0 aliphatic rings. The Labute approximate surface area is 142 Å². The van der Waals surface area contributed by atoms with Crippen molar-refractivity contribution >= 4 is 6.08 Å². The Morgan fingerprint density at radius 1 is 0.958 bits per heavy atom. The molecule has 0 bridgehead atoms. The van der Waals surface area contributed by atoms with Crippen LogP contribution in [0.1, 0.15) is 11.1 Å². The second kappa shape index (κ2) is 8.41. The van der Waals surface area contributed by atoms with E-state index in [1.54, 1.807) is 20.3 Å². The molecule has 4 heteroatoms. The molecule has 4 nitrogen and oxygen atoms in total. The molecule has 0 amide bonds. The van der Waals surface area contributed by atoms with Gasteiger partial charge in [0.25, 0.3) is 0 Å². The average molecular weight is 318 g/mol. The van der Waals surface area contributed by atoms with Gasteiger partial charge in [-0.1, -0.05) is 24.3 Å². The van der Waals surface area contributed by atoms with Gasteiger partial charge in [-0.05, 0) is 47.9 Å². The second-order valence-corrected chi connectivity index (χ2v) is 5.22. The molecule has 0 fully saturated rings. The van der Waals surface area contributed by atoms with E-state index in [0.29, 0.717) is 12.0 Å². The molecule has 120 valence electrons. The summed E-state index contributed by atoms with van der Waals surface area (Å²) in [4.78, 5) is 0. The van der Waals surface area contributed by atoms with Gasteiger partial charge in [0.1, 0.15) is 11.5 Å². The first kappa shape index (κ1) is 17.1. The van der Waals surface area contributed by atoms with E-state index in [1.165, 1.54) is 0 Å². The van der Waals surface area contributed by atoms with Gasteiger partial charge in [0, 0.05) is 5.57 Å². The van der Waals surface area contributed by atoms with Crippen molar-refractivity contribution < 1.29 is 9.47 Å². The number of nitriles is 2. The van der Waals surface area contributed by atoms with Crippen molar-refractivity contribution in [2.45, 2.75) is 6.42 Å². The Morgan fingerprint density at radius 2 is 1.50 bits per heavy atom. The second-order valence-electron chi connectivity index (χ2n) is 5.22. The molecule has 2 rings (SSSR count). The van der Waals surface area contributed by atoms with Gasteiger partial charge in [-0.3, -0.25) is 0 Å². The van der Waals surface area contributed by atoms with Crippen LogP contribution in [0.5, 0.6) is 11.5 Å². The Kier molecular flexibility index (Phi) is 6.00. The highest BCUT2D eigenvalue weighted by Gasteiger charge is 2.14. The summed E-state index contributed by atoms with van der Waals surface area (Å²) < 4.78 is 10.2. The van der Waals surface area contributed by atoms with Crippen LogP contribution in [-0.4, -0.2) is 14.2 Å². The fourth-order valence-electron chi connectivity index (χ4n) is 2.31. The standard InChI is InChI=1S/C20H18N2O2/c1-23-19-7-3-15(4-8-19)11-17(13-21)18(14-22)12-16-5-9-20(24-2)10-6-16/h3-11,18H,12H2,1-2H3/t18-/m0/s1. The molecule has 0 aliphatic heterocycles. The highest BCUT2D eigenvalue weighted by Crippen LogP contribution is 2.22. The number of allylic oxidation sites excluding steroid dienone is 1. The monoisotopic (exact) mass is 318 g/mol. The number of nitrogens with zero attached hydrogens (tertiary/aromatic N) is 2. The van der Waals surface area contributed by atoms with Crippen LogP contribution >= 0.6 is 0 Å². The van der Waals surface area contributed by atoms with Gasteiger partial charge in [0.15, 0.2) is 0 Å². The Bertz CT molecular complexity index is 778. The third-order valence-electron chi connectivity index (χ3n) is 3.70. The van der Waals surface area contributed by atoms with Crippen LogP contribution in [0.4, 0.5) is 0 Å². The summed E-state index contributed by atoms with van der Waals surface area (Å²) in [7, 11) is 3.21. The third-order valence-corrected chi connectivity index (χ3v) is 3.70. The number of benzene rings is 2. The molecule has 0 radical (unpaired) electrons. The lowest BCUT2D eigenvalue weighted by molar-refractivity contribution is 0.414. The van der Waals surface area contributed by atoms with Gasteiger partial charge in [-0.2, -0.15) is 10.5 Å². The molecule has 24 heavy (non-hydrogen) atoms. The minimum Gasteiger partial charge on any atom is -0.497 e. The highest BCUT2D eigenvalue weighted by atomic mass is 16.5. The van der Waals surface area contributed by atoms with E-state index in [2.05, 4.69) is 12.1 Å². The van der Waals surface area contributed by atoms with Crippen molar-refractivity contribution in [1.29, 1.82) is 10.5 Å². The topological polar surface area (TPSA) is 66.0 Å². The molecule has 0 saturated heterocycles. The van der Waals surface area contributed by atoms with Crippen molar-refractivity contribution in [3.63, 3.8) is 0 Å². The maximum Gasteiger partial charge on any atom is 0.118 e. The summed E-state index contributed by atoms with van der Waals surface area (Å²) in [5.41, 5.74) is 2.29. The van der Waals surface area contributed by atoms with E-state index in [1.807, 2.05) is 48.5 Å². The average Bonchev–Trinajstić information content (AvgIpc) is 2.65. The minimum atomic E-state index is -0.495. The molecule has 2 aromatic carbocycles. The number of hydrogen-bond acceptors (Lipinski definition) is 4. The summed E-state index contributed by atoms with van der Waals surface area (Å²) in [5, 5.41) is 18.9. The minimum absolute atomic E-state index is 0.443. The van der Waals surface area contributed by atoms with Crippen molar-refractivity contribution in [1.82, 2.24) is 0 Å². The van der Waals surface area contributed by atoms with Gasteiger partial charge in [-0.25, -0.2) is 0 Å². The molecule has 0 spiro atoms. The number of ether oxygens (including phenoxy) is 2. The lowest BCUT2D eigenvalue weighted by atomic mass is 9.92. The summed E-state index contributed by atoms with van der Waals surface area (Å²) in [6, 6.07) is 19.3. The van der Waals surface area contributed by atoms with Gasteiger partial charge < -0.3 is 9.47 Å². The number of rotatable bonds is 6. The quantitative estimate of drug-likeness (QED) is 0.755. The van der Waals surface area contributed by atoms with E-state index < -0.39 is 5.92 Å². The van der Waals surface area contributed by atoms with Crippen LogP contribution in [0.3, 0.4) is 0 Å². The normalized spacial score (nSPS) is 11.9. The third kappa shape index (κ3) is 4.38. The van der Waals surface area contributed by atoms with E-state index in [0.717, 1.165) is 22.6 Å². The Morgan fingerprint density at radius 3 is 1.96 bits per heavy atom. The smallest absolute Gasteiger partial charge is 0.118 e. The molecule has 0 aliphatic carbocycles. The Balaban J connectivity index is 2.20. The van der Waals surface area contributed by atoms with Gasteiger partial charge in [0.2, 0.25) is 0 Å². The molecule has 0 heterocycles. The molecular formula is C20H18N2O2. The molecular weight excluding hydrogens is 300 g/mol. The first-order valence-electron chi connectivity index (χ1n) is 7.48. The first-order valence-corrected chi connectivity index (χ1v) is 7.48. The largest absolute Gasteiger partial charge is 0.497 e. The summed E-state index contributed by atoms with van der Waals surface area (Å²) in [6.07, 6.45) is 2.23. The van der Waals surface area contributed by atoms with Crippen molar-refractivity contribution in [2.75, 3.05) is 14.2 Å². The fourth-order valence-corrected chi connectivity index (χ4v) is 2.31. The number of hydrogen-bond donors (Lipinski definition) is 0. The zero-order chi connectivity index (χ0) is 17.4. The maximum absolute atomic E-state index is 9.46. The van der Waals surface area contributed by atoms with Crippen LogP contribution in [-0.2, 0) is 6.42 Å². The van der Waals surface area contributed by atoms with Crippen molar-refractivity contribution in [2.24, 2.45) is 5.92 Å². The summed E-state index contributed by atoms with van der Waals surface area (Å²) >= 11 is 0. The van der Waals surface area contributed by atoms with E-state index >= 15 is 0 Å². The summed E-state index contributed by atoms with van der Waals surface area (Å²) in [5.74, 6) is 1.02. The Hall–Kier alpha value is -3.24. The maximum atomic E-state index is 9.46. The van der Waals surface area contributed by atoms with E-state index in [-0.39, 0.29) is 0 Å². The lowest BCUT2D eigenvalue weighted by Gasteiger charge is -2.09. The molecule has 2 aromatic rings. The predicted molar refractivity (Wildman–Crippen MR) is 92.4 cm³/mol. The van der Waals surface area contributed by atoms with E-state index in [4.69, 9.17) is 9.47 Å². The van der Waals surface area contributed by atoms with Crippen LogP contribution in [0.2, 0.25) is 0 Å². The zero-order valence-electron chi connectivity index (χ0n) is 13.7.